The smallest absolute Gasteiger partial charge is 0.385 e. The van der Waals surface area contributed by atoms with Gasteiger partial charge in [0.05, 0.1) is 0 Å². The third kappa shape index (κ3) is 4.57. The summed E-state index contributed by atoms with van der Waals surface area (Å²) < 4.78 is 37.6. The Hall–Kier alpha value is -2.25. The number of aryl methyl sites for hydroxylation is 1. The number of carbonyl (C=O) groups is 2. The Kier molecular flexibility index (Phi) is 5.93. The molecule has 0 aliphatic carbocycles. The number of carbonyl (C=O) groups excluding carboxylic acids is 2. The summed E-state index contributed by atoms with van der Waals surface area (Å²) in [5, 5.41) is 3.35. The van der Waals surface area contributed by atoms with E-state index in [-0.39, 0.29) is 19.0 Å². The van der Waals surface area contributed by atoms with E-state index < -0.39 is 12.1 Å². The number of fused-ring (bicyclic) bond motifs is 1. The molecule has 2 saturated heterocycles. The van der Waals surface area contributed by atoms with Crippen molar-refractivity contribution in [3.05, 3.63) is 29.3 Å². The molecule has 1 aromatic carbocycles. The molecular formula is C22H28F3N3O2. The van der Waals surface area contributed by atoms with E-state index in [0.29, 0.717) is 24.7 Å². The Labute approximate surface area is 174 Å². The Balaban J connectivity index is 1.18. The fourth-order valence-corrected chi connectivity index (χ4v) is 4.78. The maximum atomic E-state index is 12.7. The van der Waals surface area contributed by atoms with Crippen molar-refractivity contribution in [2.45, 2.75) is 44.7 Å². The van der Waals surface area contributed by atoms with Gasteiger partial charge in [-0.3, -0.25) is 9.59 Å². The van der Waals surface area contributed by atoms with Crippen molar-refractivity contribution in [1.29, 1.82) is 0 Å². The van der Waals surface area contributed by atoms with Crippen LogP contribution in [0, 0.1) is 11.8 Å². The number of nitrogens with one attached hydrogen (secondary N) is 1. The van der Waals surface area contributed by atoms with Crippen molar-refractivity contribution < 1.29 is 22.8 Å². The highest BCUT2D eigenvalue weighted by Crippen LogP contribution is 2.31. The van der Waals surface area contributed by atoms with Crippen LogP contribution in [0.3, 0.4) is 0 Å². The van der Waals surface area contributed by atoms with Gasteiger partial charge < -0.3 is 15.1 Å². The van der Waals surface area contributed by atoms with Gasteiger partial charge in [-0.2, -0.15) is 13.2 Å². The molecule has 0 radical (unpaired) electrons. The van der Waals surface area contributed by atoms with Crippen LogP contribution < -0.4 is 5.32 Å². The van der Waals surface area contributed by atoms with Gasteiger partial charge in [0.2, 0.25) is 0 Å². The summed E-state index contributed by atoms with van der Waals surface area (Å²) >= 11 is 0. The zero-order valence-corrected chi connectivity index (χ0v) is 17.0. The van der Waals surface area contributed by atoms with Gasteiger partial charge in [0.1, 0.15) is 0 Å². The second-order valence-electron chi connectivity index (χ2n) is 8.79. The number of piperidine rings is 1. The van der Waals surface area contributed by atoms with E-state index in [0.717, 1.165) is 61.5 Å². The zero-order chi connectivity index (χ0) is 21.3. The highest BCUT2D eigenvalue weighted by Gasteiger charge is 2.43. The van der Waals surface area contributed by atoms with Gasteiger partial charge in [0.25, 0.3) is 5.91 Å². The molecule has 0 unspecified atom stereocenters. The second-order valence-corrected chi connectivity index (χ2v) is 8.79. The lowest BCUT2D eigenvalue weighted by Crippen LogP contribution is -2.50. The van der Waals surface area contributed by atoms with Crippen molar-refractivity contribution >= 4 is 17.5 Å². The van der Waals surface area contributed by atoms with Crippen molar-refractivity contribution in [2.75, 3.05) is 38.0 Å². The van der Waals surface area contributed by atoms with Gasteiger partial charge in [-0.1, -0.05) is 0 Å². The largest absolute Gasteiger partial charge is 0.471 e. The maximum absolute atomic E-state index is 12.7. The Morgan fingerprint density at radius 3 is 2.43 bits per heavy atom. The number of hydrogen-bond donors (Lipinski definition) is 1. The van der Waals surface area contributed by atoms with Crippen LogP contribution in [0.25, 0.3) is 0 Å². The summed E-state index contributed by atoms with van der Waals surface area (Å²) in [5.41, 5.74) is 3.08. The molecule has 3 aliphatic rings. The van der Waals surface area contributed by atoms with Crippen molar-refractivity contribution in [3.63, 3.8) is 0 Å². The number of rotatable bonds is 4. The predicted molar refractivity (Wildman–Crippen MR) is 107 cm³/mol. The standard InChI is InChI=1S/C22H28F3N3O2/c23-22(24,25)21(30)27-10-7-15(8-11-27)3-4-16-13-28(14-16)20(29)18-5-6-19-17(12-18)2-1-9-26-19/h5-6,12,15-16,26H,1-4,7-11,13-14H2. The highest BCUT2D eigenvalue weighted by atomic mass is 19.4. The fraction of sp³-hybridized carbons (Fsp3) is 0.636. The average Bonchev–Trinajstić information content (AvgIpc) is 2.71. The van der Waals surface area contributed by atoms with Crippen LogP contribution in [0.5, 0.6) is 0 Å². The SMILES string of the molecule is O=C(c1ccc2c(c1)CCCN2)N1CC(CCC2CCN(C(=O)C(F)(F)F)CC2)C1. The Morgan fingerprint density at radius 1 is 1.03 bits per heavy atom. The molecule has 0 spiro atoms. The third-order valence-corrected chi connectivity index (χ3v) is 6.66. The molecular weight excluding hydrogens is 395 g/mol. The number of nitrogens with zero attached hydrogens (tertiary/aromatic N) is 2. The van der Waals surface area contributed by atoms with E-state index in [1.54, 1.807) is 0 Å². The lowest BCUT2D eigenvalue weighted by atomic mass is 9.85. The number of anilines is 1. The van der Waals surface area contributed by atoms with Crippen LogP contribution >= 0.6 is 0 Å². The second kappa shape index (κ2) is 8.47. The molecule has 3 aliphatic heterocycles. The van der Waals surface area contributed by atoms with Crippen molar-refractivity contribution in [3.8, 4) is 0 Å². The van der Waals surface area contributed by atoms with Crippen LogP contribution in [0.15, 0.2) is 18.2 Å². The number of benzene rings is 1. The number of halogens is 3. The first-order valence-electron chi connectivity index (χ1n) is 10.8. The molecule has 0 aromatic heterocycles. The fourth-order valence-electron chi connectivity index (χ4n) is 4.78. The van der Waals surface area contributed by atoms with E-state index in [9.17, 15) is 22.8 Å². The van der Waals surface area contributed by atoms with Gasteiger partial charge in [0.15, 0.2) is 0 Å². The molecule has 0 atom stereocenters. The van der Waals surface area contributed by atoms with Gasteiger partial charge >= 0.3 is 12.1 Å². The monoisotopic (exact) mass is 423 g/mol. The molecule has 8 heteroatoms. The summed E-state index contributed by atoms with van der Waals surface area (Å²) in [5.74, 6) is -0.811. The van der Waals surface area contributed by atoms with Crippen LogP contribution in [-0.4, -0.2) is 60.5 Å². The molecule has 0 bridgehead atoms. The van der Waals surface area contributed by atoms with Crippen LogP contribution in [0.4, 0.5) is 18.9 Å². The van der Waals surface area contributed by atoms with Crippen molar-refractivity contribution in [1.82, 2.24) is 9.80 Å². The van der Waals surface area contributed by atoms with Crippen molar-refractivity contribution in [2.24, 2.45) is 11.8 Å². The molecule has 0 saturated carbocycles. The van der Waals surface area contributed by atoms with Crippen LogP contribution in [0.1, 0.15) is 48.0 Å². The molecule has 164 valence electrons. The Morgan fingerprint density at radius 2 is 1.73 bits per heavy atom. The van der Waals surface area contributed by atoms with E-state index in [1.807, 2.05) is 23.1 Å². The molecule has 1 aromatic rings. The number of likely N-dealkylation sites (tertiary alicyclic amines) is 2. The highest BCUT2D eigenvalue weighted by molar-refractivity contribution is 5.95. The number of amides is 2. The normalized spacial score (nSPS) is 20.4. The molecule has 30 heavy (non-hydrogen) atoms. The molecule has 2 fully saturated rings. The molecule has 4 rings (SSSR count). The zero-order valence-electron chi connectivity index (χ0n) is 17.0. The minimum absolute atomic E-state index is 0.0820. The molecule has 3 heterocycles. The maximum Gasteiger partial charge on any atom is 0.471 e. The van der Waals surface area contributed by atoms with E-state index >= 15 is 0 Å². The van der Waals surface area contributed by atoms with Gasteiger partial charge in [-0.15, -0.1) is 0 Å². The summed E-state index contributed by atoms with van der Waals surface area (Å²) in [7, 11) is 0. The molecule has 5 nitrogen and oxygen atoms in total. The molecule has 2 amide bonds. The quantitative estimate of drug-likeness (QED) is 0.804. The minimum atomic E-state index is -4.77. The van der Waals surface area contributed by atoms with Gasteiger partial charge in [-0.05, 0) is 74.1 Å². The average molecular weight is 423 g/mol. The lowest BCUT2D eigenvalue weighted by molar-refractivity contribution is -0.186. The van der Waals surface area contributed by atoms with Gasteiger partial charge in [0, 0.05) is 44.0 Å². The van der Waals surface area contributed by atoms with E-state index in [4.69, 9.17) is 0 Å². The lowest BCUT2D eigenvalue weighted by Gasteiger charge is -2.40. The summed E-state index contributed by atoms with van der Waals surface area (Å²) in [6, 6.07) is 5.89. The number of alkyl halides is 3. The first-order chi connectivity index (χ1) is 14.3. The third-order valence-electron chi connectivity index (χ3n) is 6.66. The topological polar surface area (TPSA) is 52.7 Å². The van der Waals surface area contributed by atoms with Crippen LogP contribution in [0.2, 0.25) is 0 Å². The van der Waals surface area contributed by atoms with E-state index in [2.05, 4.69) is 5.32 Å². The summed E-state index contributed by atoms with van der Waals surface area (Å²) in [4.78, 5) is 26.8. The van der Waals surface area contributed by atoms with Gasteiger partial charge in [-0.25, -0.2) is 0 Å². The summed E-state index contributed by atoms with van der Waals surface area (Å²) in [6.45, 7) is 2.85. The first kappa shape index (κ1) is 21.0. The Bertz CT molecular complexity index is 797. The first-order valence-corrected chi connectivity index (χ1v) is 10.8. The predicted octanol–water partition coefficient (Wildman–Crippen LogP) is 3.70. The summed E-state index contributed by atoms with van der Waals surface area (Å²) in [6.07, 6.45) is 0.490. The number of hydrogen-bond acceptors (Lipinski definition) is 3. The van der Waals surface area contributed by atoms with Crippen LogP contribution in [-0.2, 0) is 11.2 Å². The van der Waals surface area contributed by atoms with E-state index in [1.165, 1.54) is 5.56 Å². The molecule has 1 N–H and O–H groups in total. The minimum Gasteiger partial charge on any atom is -0.385 e.